The molecule has 0 rings (SSSR count). The number of aliphatic carboxylic acids is 1. The van der Waals surface area contributed by atoms with Crippen LogP contribution in [0.4, 0.5) is 0 Å². The highest BCUT2D eigenvalue weighted by Gasteiger charge is 2.21. The molecule has 3 nitrogen and oxygen atoms in total. The van der Waals surface area contributed by atoms with Crippen LogP contribution in [0.5, 0.6) is 0 Å². The van der Waals surface area contributed by atoms with Gasteiger partial charge in [-0.3, -0.25) is 9.69 Å². The molecule has 0 aliphatic rings. The first-order valence-electron chi connectivity index (χ1n) is 4.17. The normalized spacial score (nSPS) is 14.8. The van der Waals surface area contributed by atoms with Crippen LogP contribution in [0.3, 0.4) is 0 Å². The lowest BCUT2D eigenvalue weighted by Crippen LogP contribution is -2.40. The molecule has 0 aromatic heterocycles. The summed E-state index contributed by atoms with van der Waals surface area (Å²) in [6.45, 7) is 8.78. The van der Waals surface area contributed by atoms with Crippen LogP contribution < -0.4 is 0 Å². The fraction of sp³-hybridized carbons (Fsp3) is 0.889. The summed E-state index contributed by atoms with van der Waals surface area (Å²) in [7, 11) is 1.84. The Kier molecular flexibility index (Phi) is 3.71. The summed E-state index contributed by atoms with van der Waals surface area (Å²) in [6, 6.07) is -0.399. The second-order valence-corrected chi connectivity index (χ2v) is 4.49. The second-order valence-electron chi connectivity index (χ2n) is 4.49. The Balaban J connectivity index is 4.04. The Morgan fingerprint density at radius 2 is 1.92 bits per heavy atom. The van der Waals surface area contributed by atoms with E-state index in [9.17, 15) is 4.79 Å². The first-order valence-corrected chi connectivity index (χ1v) is 4.17. The molecule has 12 heavy (non-hydrogen) atoms. The molecular formula is C9H19NO2. The zero-order valence-corrected chi connectivity index (χ0v) is 8.59. The van der Waals surface area contributed by atoms with Crippen molar-refractivity contribution in [2.75, 3.05) is 13.6 Å². The fourth-order valence-electron chi connectivity index (χ4n) is 1.07. The summed E-state index contributed by atoms with van der Waals surface area (Å²) in [5.74, 6) is -0.762. The Bertz CT molecular complexity index is 160. The van der Waals surface area contributed by atoms with Gasteiger partial charge in [-0.1, -0.05) is 20.8 Å². The van der Waals surface area contributed by atoms with E-state index in [2.05, 4.69) is 20.8 Å². The maximum absolute atomic E-state index is 10.6. The third kappa shape index (κ3) is 4.34. The molecule has 0 aliphatic heterocycles. The molecule has 0 bridgehead atoms. The van der Waals surface area contributed by atoms with E-state index < -0.39 is 12.0 Å². The molecule has 72 valence electrons. The van der Waals surface area contributed by atoms with Gasteiger partial charge in [-0.25, -0.2) is 0 Å². The number of carboxylic acid groups (broad SMARTS) is 1. The quantitative estimate of drug-likeness (QED) is 0.702. The molecule has 0 saturated carbocycles. The summed E-state index contributed by atoms with van der Waals surface area (Å²) in [4.78, 5) is 12.4. The third-order valence-corrected chi connectivity index (χ3v) is 1.74. The van der Waals surface area contributed by atoms with Gasteiger partial charge < -0.3 is 5.11 Å². The van der Waals surface area contributed by atoms with Gasteiger partial charge in [0.25, 0.3) is 0 Å². The number of hydrogen-bond acceptors (Lipinski definition) is 2. The summed E-state index contributed by atoms with van der Waals surface area (Å²) in [6.07, 6.45) is 0. The van der Waals surface area contributed by atoms with E-state index >= 15 is 0 Å². The van der Waals surface area contributed by atoms with E-state index in [0.717, 1.165) is 6.54 Å². The van der Waals surface area contributed by atoms with Gasteiger partial charge in [-0.2, -0.15) is 0 Å². The minimum atomic E-state index is -0.762. The molecule has 0 amide bonds. The summed E-state index contributed by atoms with van der Waals surface area (Å²) < 4.78 is 0. The smallest absolute Gasteiger partial charge is 0.320 e. The van der Waals surface area contributed by atoms with Crippen LogP contribution in [0.1, 0.15) is 27.7 Å². The SMILES string of the molecule is CC(C(=O)O)N(C)CC(C)(C)C. The Labute approximate surface area is 74.4 Å². The molecule has 0 aromatic carbocycles. The van der Waals surface area contributed by atoms with Crippen molar-refractivity contribution >= 4 is 5.97 Å². The lowest BCUT2D eigenvalue weighted by molar-refractivity contribution is -0.142. The van der Waals surface area contributed by atoms with Crippen LogP contribution in [0.15, 0.2) is 0 Å². The molecule has 0 aliphatic carbocycles. The van der Waals surface area contributed by atoms with E-state index in [1.807, 2.05) is 11.9 Å². The number of carboxylic acids is 1. The minimum Gasteiger partial charge on any atom is -0.480 e. The van der Waals surface area contributed by atoms with Gasteiger partial charge in [0, 0.05) is 6.54 Å². The van der Waals surface area contributed by atoms with Crippen molar-refractivity contribution in [2.45, 2.75) is 33.7 Å². The largest absolute Gasteiger partial charge is 0.480 e. The maximum atomic E-state index is 10.6. The first-order chi connectivity index (χ1) is 5.24. The summed E-state index contributed by atoms with van der Waals surface area (Å²) in [5, 5.41) is 8.71. The monoisotopic (exact) mass is 173 g/mol. The number of hydrogen-bond donors (Lipinski definition) is 1. The van der Waals surface area contributed by atoms with E-state index in [0.29, 0.717) is 0 Å². The standard InChI is InChI=1S/C9H19NO2/c1-7(8(11)12)10(5)6-9(2,3)4/h7H,6H2,1-5H3,(H,11,12). The van der Waals surface area contributed by atoms with Crippen LogP contribution in [0.2, 0.25) is 0 Å². The zero-order chi connectivity index (χ0) is 9.94. The number of nitrogens with zero attached hydrogens (tertiary/aromatic N) is 1. The highest BCUT2D eigenvalue weighted by Crippen LogP contribution is 2.15. The number of likely N-dealkylation sites (N-methyl/N-ethyl adjacent to an activating group) is 1. The topological polar surface area (TPSA) is 40.5 Å². The Morgan fingerprint density at radius 3 is 2.17 bits per heavy atom. The van der Waals surface area contributed by atoms with E-state index in [1.54, 1.807) is 6.92 Å². The highest BCUT2D eigenvalue weighted by molar-refractivity contribution is 5.72. The van der Waals surface area contributed by atoms with Gasteiger partial charge >= 0.3 is 5.97 Å². The minimum absolute atomic E-state index is 0.151. The van der Waals surface area contributed by atoms with Crippen molar-refractivity contribution in [3.05, 3.63) is 0 Å². The lowest BCUT2D eigenvalue weighted by atomic mass is 9.96. The number of carbonyl (C=O) groups is 1. The molecule has 1 unspecified atom stereocenters. The molecule has 1 atom stereocenters. The molecule has 3 heteroatoms. The lowest BCUT2D eigenvalue weighted by Gasteiger charge is -2.29. The first kappa shape index (κ1) is 11.4. The third-order valence-electron chi connectivity index (χ3n) is 1.74. The van der Waals surface area contributed by atoms with Gasteiger partial charge in [0.1, 0.15) is 6.04 Å². The number of rotatable bonds is 3. The summed E-state index contributed by atoms with van der Waals surface area (Å²) in [5.41, 5.74) is 0.151. The van der Waals surface area contributed by atoms with Gasteiger partial charge in [0.15, 0.2) is 0 Å². The van der Waals surface area contributed by atoms with Crippen molar-refractivity contribution in [3.8, 4) is 0 Å². The molecule has 0 saturated heterocycles. The second kappa shape index (κ2) is 3.90. The van der Waals surface area contributed by atoms with Crippen LogP contribution in [-0.4, -0.2) is 35.6 Å². The van der Waals surface area contributed by atoms with Crippen molar-refractivity contribution in [1.29, 1.82) is 0 Å². The van der Waals surface area contributed by atoms with E-state index in [1.165, 1.54) is 0 Å². The fourth-order valence-corrected chi connectivity index (χ4v) is 1.07. The predicted octanol–water partition coefficient (Wildman–Crippen LogP) is 1.44. The van der Waals surface area contributed by atoms with Crippen LogP contribution in [0.25, 0.3) is 0 Å². The van der Waals surface area contributed by atoms with Crippen LogP contribution in [0, 0.1) is 5.41 Å². The highest BCUT2D eigenvalue weighted by atomic mass is 16.4. The van der Waals surface area contributed by atoms with Crippen molar-refractivity contribution < 1.29 is 9.90 Å². The van der Waals surface area contributed by atoms with Gasteiger partial charge in [0.05, 0.1) is 0 Å². The van der Waals surface area contributed by atoms with Crippen molar-refractivity contribution in [2.24, 2.45) is 5.41 Å². The van der Waals surface area contributed by atoms with Gasteiger partial charge in [-0.05, 0) is 19.4 Å². The molecule has 0 spiro atoms. The maximum Gasteiger partial charge on any atom is 0.320 e. The average Bonchev–Trinajstić information content (AvgIpc) is 1.82. The van der Waals surface area contributed by atoms with Crippen LogP contribution >= 0.6 is 0 Å². The molecular weight excluding hydrogens is 154 g/mol. The van der Waals surface area contributed by atoms with Crippen molar-refractivity contribution in [1.82, 2.24) is 4.90 Å². The Morgan fingerprint density at radius 1 is 1.50 bits per heavy atom. The zero-order valence-electron chi connectivity index (χ0n) is 8.59. The van der Waals surface area contributed by atoms with E-state index in [-0.39, 0.29) is 5.41 Å². The van der Waals surface area contributed by atoms with Gasteiger partial charge in [0.2, 0.25) is 0 Å². The molecule has 0 aromatic rings. The van der Waals surface area contributed by atoms with Crippen LogP contribution in [-0.2, 0) is 4.79 Å². The molecule has 0 radical (unpaired) electrons. The van der Waals surface area contributed by atoms with E-state index in [4.69, 9.17) is 5.11 Å². The predicted molar refractivity (Wildman–Crippen MR) is 49.2 cm³/mol. The molecule has 1 N–H and O–H groups in total. The molecule has 0 fully saturated rings. The summed E-state index contributed by atoms with van der Waals surface area (Å²) >= 11 is 0. The Hall–Kier alpha value is -0.570. The van der Waals surface area contributed by atoms with Gasteiger partial charge in [-0.15, -0.1) is 0 Å². The average molecular weight is 173 g/mol. The molecule has 0 heterocycles. The van der Waals surface area contributed by atoms with Crippen molar-refractivity contribution in [3.63, 3.8) is 0 Å².